The molecule has 0 aliphatic carbocycles. The lowest BCUT2D eigenvalue weighted by Crippen LogP contribution is -2.02. The maximum absolute atomic E-state index is 11.8. The summed E-state index contributed by atoms with van der Waals surface area (Å²) in [6.45, 7) is 0. The molecule has 3 aromatic carbocycles. The van der Waals surface area contributed by atoms with E-state index in [1.54, 1.807) is 12.1 Å². The highest BCUT2D eigenvalue weighted by Gasteiger charge is 2.13. The smallest absolute Gasteiger partial charge is 0.175 e. The highest BCUT2D eigenvalue weighted by atomic mass is 35.5. The van der Waals surface area contributed by atoms with E-state index >= 15 is 0 Å². The van der Waals surface area contributed by atoms with E-state index in [9.17, 15) is 8.42 Å². The quantitative estimate of drug-likeness (QED) is 0.392. The van der Waals surface area contributed by atoms with Gasteiger partial charge in [-0.1, -0.05) is 60.7 Å². The third-order valence-electron chi connectivity index (χ3n) is 4.60. The molecule has 1 heterocycles. The molecule has 0 fully saturated rings. The topological polar surface area (TPSA) is 52.0 Å². The molecule has 0 amide bonds. The SMILES string of the molecule is CCl.CS(=O)(=O)c1ccc(-n2cc(-c3ccccc3)nc2Cc2ccccc2)cc1. The highest BCUT2D eigenvalue weighted by Crippen LogP contribution is 2.24. The minimum absolute atomic E-state index is 0.309. The number of hydrogen-bond donors (Lipinski definition) is 0. The number of aromatic nitrogens is 2. The van der Waals surface area contributed by atoms with Crippen LogP contribution in [0.3, 0.4) is 0 Å². The Morgan fingerprint density at radius 3 is 1.97 bits per heavy atom. The fourth-order valence-corrected chi connectivity index (χ4v) is 3.78. The predicted molar refractivity (Wildman–Crippen MR) is 123 cm³/mol. The van der Waals surface area contributed by atoms with Gasteiger partial charge in [0.05, 0.1) is 10.6 Å². The molecule has 1 aromatic heterocycles. The van der Waals surface area contributed by atoms with Crippen LogP contribution in [0.25, 0.3) is 16.9 Å². The monoisotopic (exact) mass is 438 g/mol. The van der Waals surface area contributed by atoms with Crippen molar-refractivity contribution in [2.75, 3.05) is 12.6 Å². The Morgan fingerprint density at radius 2 is 1.40 bits per heavy atom. The Balaban J connectivity index is 0.00000124. The first-order chi connectivity index (χ1) is 14.5. The zero-order valence-electron chi connectivity index (χ0n) is 16.9. The van der Waals surface area contributed by atoms with Gasteiger partial charge < -0.3 is 4.57 Å². The van der Waals surface area contributed by atoms with Crippen molar-refractivity contribution >= 4 is 21.4 Å². The molecular weight excluding hydrogens is 416 g/mol. The summed E-state index contributed by atoms with van der Waals surface area (Å²) in [7, 11) is -3.22. The third-order valence-corrected chi connectivity index (χ3v) is 5.73. The van der Waals surface area contributed by atoms with E-state index in [1.807, 2.05) is 71.4 Å². The molecule has 154 valence electrons. The molecule has 4 aromatic rings. The second-order valence-corrected chi connectivity index (χ2v) is 8.72. The first kappa shape index (κ1) is 21.8. The molecule has 30 heavy (non-hydrogen) atoms. The van der Waals surface area contributed by atoms with Crippen molar-refractivity contribution in [3.8, 4) is 16.9 Å². The van der Waals surface area contributed by atoms with E-state index < -0.39 is 9.84 Å². The van der Waals surface area contributed by atoms with Crippen molar-refractivity contribution in [2.45, 2.75) is 11.3 Å². The molecule has 0 bridgehead atoms. The number of nitrogens with zero attached hydrogens (tertiary/aromatic N) is 2. The average Bonchev–Trinajstić information content (AvgIpc) is 3.20. The third kappa shape index (κ3) is 5.17. The Bertz CT molecular complexity index is 1190. The molecule has 6 heteroatoms. The van der Waals surface area contributed by atoms with Crippen LogP contribution in [0, 0.1) is 0 Å². The maximum atomic E-state index is 11.8. The second-order valence-electron chi connectivity index (χ2n) is 6.71. The number of hydrogen-bond acceptors (Lipinski definition) is 3. The zero-order chi connectivity index (χ0) is 21.6. The molecule has 0 saturated carbocycles. The Labute approximate surface area is 182 Å². The standard InChI is InChI=1S/C23H20N2O2S.CH3Cl/c1-28(26,27)21-14-12-20(13-15-21)25-17-22(19-10-6-3-7-11-19)24-23(25)16-18-8-4-2-5-9-18;1-2/h2-15,17H,16H2,1H3;1H3. The van der Waals surface area contributed by atoms with Crippen LogP contribution in [0.2, 0.25) is 0 Å². The number of sulfone groups is 1. The van der Waals surface area contributed by atoms with Crippen molar-refractivity contribution in [2.24, 2.45) is 0 Å². The summed E-state index contributed by atoms with van der Waals surface area (Å²) >= 11 is 4.64. The van der Waals surface area contributed by atoms with E-state index in [1.165, 1.54) is 18.2 Å². The van der Waals surface area contributed by atoms with Crippen LogP contribution in [0.5, 0.6) is 0 Å². The Kier molecular flexibility index (Phi) is 7.08. The molecule has 0 N–H and O–H groups in total. The molecule has 0 spiro atoms. The molecule has 0 saturated heterocycles. The average molecular weight is 439 g/mol. The summed E-state index contributed by atoms with van der Waals surface area (Å²) in [6.07, 6.45) is 5.37. The lowest BCUT2D eigenvalue weighted by atomic mass is 10.1. The van der Waals surface area contributed by atoms with Gasteiger partial charge in [0.2, 0.25) is 0 Å². The van der Waals surface area contributed by atoms with Crippen molar-refractivity contribution < 1.29 is 8.42 Å². The van der Waals surface area contributed by atoms with Gasteiger partial charge in [-0.3, -0.25) is 0 Å². The maximum Gasteiger partial charge on any atom is 0.175 e. The van der Waals surface area contributed by atoms with Gasteiger partial charge in [-0.05, 0) is 29.8 Å². The van der Waals surface area contributed by atoms with Gasteiger partial charge >= 0.3 is 0 Å². The molecule has 0 atom stereocenters. The second kappa shape index (κ2) is 9.74. The van der Waals surface area contributed by atoms with Crippen LogP contribution in [-0.2, 0) is 16.3 Å². The summed E-state index contributed by atoms with van der Waals surface area (Å²) in [5.41, 5.74) is 3.98. The van der Waals surface area contributed by atoms with E-state index in [4.69, 9.17) is 4.98 Å². The lowest BCUT2D eigenvalue weighted by Gasteiger charge is -2.08. The van der Waals surface area contributed by atoms with Gasteiger partial charge in [-0.2, -0.15) is 0 Å². The van der Waals surface area contributed by atoms with Gasteiger partial charge in [0.1, 0.15) is 5.82 Å². The molecule has 0 radical (unpaired) electrons. The zero-order valence-corrected chi connectivity index (χ0v) is 18.4. The molecule has 4 rings (SSSR count). The van der Waals surface area contributed by atoms with Crippen LogP contribution in [0.15, 0.2) is 96.0 Å². The van der Waals surface area contributed by atoms with E-state index in [0.29, 0.717) is 11.3 Å². The normalized spacial score (nSPS) is 10.9. The van der Waals surface area contributed by atoms with E-state index in [0.717, 1.165) is 22.8 Å². The fourth-order valence-electron chi connectivity index (χ4n) is 3.15. The lowest BCUT2D eigenvalue weighted by molar-refractivity contribution is 0.602. The largest absolute Gasteiger partial charge is 0.303 e. The first-order valence-corrected chi connectivity index (χ1v) is 12.0. The van der Waals surface area contributed by atoms with Gasteiger partial charge in [0.15, 0.2) is 9.84 Å². The van der Waals surface area contributed by atoms with Crippen LogP contribution in [-0.4, -0.2) is 30.6 Å². The molecule has 0 aliphatic rings. The minimum atomic E-state index is -3.22. The molecule has 0 aliphatic heterocycles. The van der Waals surface area contributed by atoms with Crippen molar-refractivity contribution in [1.29, 1.82) is 0 Å². The summed E-state index contributed by atoms with van der Waals surface area (Å²) in [5.74, 6) is 0.900. The van der Waals surface area contributed by atoms with E-state index in [2.05, 4.69) is 23.7 Å². The minimum Gasteiger partial charge on any atom is -0.303 e. The summed E-state index contributed by atoms with van der Waals surface area (Å²) in [4.78, 5) is 5.18. The number of rotatable bonds is 5. The first-order valence-electron chi connectivity index (χ1n) is 9.36. The number of benzene rings is 3. The van der Waals surface area contributed by atoms with Gasteiger partial charge in [0, 0.05) is 36.5 Å². The van der Waals surface area contributed by atoms with Gasteiger partial charge in [0.25, 0.3) is 0 Å². The predicted octanol–water partition coefficient (Wildman–Crippen LogP) is 5.39. The van der Waals surface area contributed by atoms with Crippen molar-refractivity contribution in [3.63, 3.8) is 0 Å². The Morgan fingerprint density at radius 1 is 0.833 bits per heavy atom. The van der Waals surface area contributed by atoms with Crippen LogP contribution < -0.4 is 0 Å². The van der Waals surface area contributed by atoms with Crippen molar-refractivity contribution in [1.82, 2.24) is 9.55 Å². The molecule has 0 unspecified atom stereocenters. The molecule has 4 nitrogen and oxygen atoms in total. The van der Waals surface area contributed by atoms with Crippen LogP contribution in [0.4, 0.5) is 0 Å². The number of imidazole rings is 1. The van der Waals surface area contributed by atoms with Crippen LogP contribution >= 0.6 is 11.6 Å². The van der Waals surface area contributed by atoms with Crippen LogP contribution in [0.1, 0.15) is 11.4 Å². The summed E-state index contributed by atoms with van der Waals surface area (Å²) in [5, 5.41) is 0. The van der Waals surface area contributed by atoms with Gasteiger partial charge in [-0.15, -0.1) is 11.6 Å². The number of alkyl halides is 1. The highest BCUT2D eigenvalue weighted by molar-refractivity contribution is 7.90. The summed E-state index contributed by atoms with van der Waals surface area (Å²) < 4.78 is 25.5. The molecular formula is C24H23ClN2O2S. The Hall–Kier alpha value is -2.89. The fraction of sp³-hybridized carbons (Fsp3) is 0.125. The number of halogens is 1. The van der Waals surface area contributed by atoms with Gasteiger partial charge in [-0.25, -0.2) is 13.4 Å². The van der Waals surface area contributed by atoms with E-state index in [-0.39, 0.29) is 0 Å². The summed E-state index contributed by atoms with van der Waals surface area (Å²) in [6, 6.07) is 27.1. The van der Waals surface area contributed by atoms with Crippen molar-refractivity contribution in [3.05, 3.63) is 103 Å².